The molecule has 0 radical (unpaired) electrons. The molecule has 2 atom stereocenters. The van der Waals surface area contributed by atoms with Gasteiger partial charge in [0.05, 0.1) is 6.54 Å². The van der Waals surface area contributed by atoms with Gasteiger partial charge in [-0.2, -0.15) is 0 Å². The molecule has 0 bridgehead atoms. The van der Waals surface area contributed by atoms with Gasteiger partial charge < -0.3 is 11.1 Å². The minimum absolute atomic E-state index is 0.480. The second kappa shape index (κ2) is 8.88. The number of hydrogen-bond acceptors (Lipinski definition) is 2. The third-order valence-corrected chi connectivity index (χ3v) is 4.45. The topological polar surface area (TPSA) is 53.6 Å². The highest BCUT2D eigenvalue weighted by atomic mass is 15.1. The lowest BCUT2D eigenvalue weighted by atomic mass is 9.91. The highest BCUT2D eigenvalue weighted by Gasteiger charge is 2.22. The van der Waals surface area contributed by atoms with E-state index in [9.17, 15) is 0 Å². The summed E-state index contributed by atoms with van der Waals surface area (Å²) in [5.41, 5.74) is 9.58. The second-order valence-electron chi connectivity index (χ2n) is 7.42. The Morgan fingerprint density at radius 2 is 1.88 bits per heavy atom. The van der Waals surface area contributed by atoms with Crippen molar-refractivity contribution in [3.63, 3.8) is 0 Å². The standard InChI is InChI=1S/C20H32N4/c1-15(2)10-22-20(21)23-11-18-7-5-6-8-19(18)14-24-12-16(3)9-17(4)13-24/h5-8,16-17H,1,9-14H2,2-4H3,(H3,21,22,23). The Bertz CT molecular complexity index is 569. The van der Waals surface area contributed by atoms with Gasteiger partial charge in [-0.25, -0.2) is 4.99 Å². The molecule has 4 heteroatoms. The maximum Gasteiger partial charge on any atom is 0.189 e. The van der Waals surface area contributed by atoms with Gasteiger partial charge in [-0.3, -0.25) is 4.90 Å². The van der Waals surface area contributed by atoms with E-state index in [1.54, 1.807) is 0 Å². The Hall–Kier alpha value is -1.81. The molecule has 0 amide bonds. The van der Waals surface area contributed by atoms with Crippen molar-refractivity contribution in [3.8, 4) is 0 Å². The van der Waals surface area contributed by atoms with Gasteiger partial charge in [0.1, 0.15) is 0 Å². The molecular weight excluding hydrogens is 296 g/mol. The van der Waals surface area contributed by atoms with Crippen LogP contribution >= 0.6 is 0 Å². The van der Waals surface area contributed by atoms with Gasteiger partial charge in [-0.15, -0.1) is 0 Å². The molecule has 0 aliphatic carbocycles. The van der Waals surface area contributed by atoms with E-state index in [-0.39, 0.29) is 0 Å². The van der Waals surface area contributed by atoms with Gasteiger partial charge in [0.2, 0.25) is 0 Å². The van der Waals surface area contributed by atoms with Crippen molar-refractivity contribution in [1.29, 1.82) is 0 Å². The average molecular weight is 329 g/mol. The van der Waals surface area contributed by atoms with E-state index >= 15 is 0 Å². The molecule has 0 aromatic heterocycles. The lowest BCUT2D eigenvalue weighted by Gasteiger charge is -2.35. The smallest absolute Gasteiger partial charge is 0.189 e. The molecule has 1 saturated heterocycles. The van der Waals surface area contributed by atoms with Crippen molar-refractivity contribution in [3.05, 3.63) is 47.5 Å². The highest BCUT2D eigenvalue weighted by Crippen LogP contribution is 2.23. The van der Waals surface area contributed by atoms with Crippen LogP contribution in [0.3, 0.4) is 0 Å². The molecule has 1 aliphatic rings. The van der Waals surface area contributed by atoms with Gasteiger partial charge >= 0.3 is 0 Å². The Balaban J connectivity index is 1.99. The van der Waals surface area contributed by atoms with Crippen molar-refractivity contribution < 1.29 is 0 Å². The van der Waals surface area contributed by atoms with Crippen LogP contribution in [0.4, 0.5) is 0 Å². The van der Waals surface area contributed by atoms with Crippen LogP contribution in [0.25, 0.3) is 0 Å². The van der Waals surface area contributed by atoms with E-state index in [1.807, 2.05) is 6.92 Å². The minimum atomic E-state index is 0.480. The first-order chi connectivity index (χ1) is 11.4. The zero-order valence-electron chi connectivity index (χ0n) is 15.4. The van der Waals surface area contributed by atoms with Gasteiger partial charge in [-0.05, 0) is 36.3 Å². The number of benzene rings is 1. The first-order valence-electron chi connectivity index (χ1n) is 8.91. The van der Waals surface area contributed by atoms with Crippen LogP contribution in [0.1, 0.15) is 38.3 Å². The van der Waals surface area contributed by atoms with E-state index < -0.39 is 0 Å². The monoisotopic (exact) mass is 328 g/mol. The highest BCUT2D eigenvalue weighted by molar-refractivity contribution is 5.78. The number of aliphatic imine (C=N–C) groups is 1. The quantitative estimate of drug-likeness (QED) is 0.479. The molecule has 0 saturated carbocycles. The van der Waals surface area contributed by atoms with Crippen molar-refractivity contribution in [2.75, 3.05) is 19.6 Å². The van der Waals surface area contributed by atoms with Gasteiger partial charge in [0, 0.05) is 26.2 Å². The van der Waals surface area contributed by atoms with Crippen LogP contribution in [0.2, 0.25) is 0 Å². The summed E-state index contributed by atoms with van der Waals surface area (Å²) in [5, 5.41) is 3.08. The van der Waals surface area contributed by atoms with Gasteiger partial charge in [-0.1, -0.05) is 50.3 Å². The maximum absolute atomic E-state index is 5.93. The largest absolute Gasteiger partial charge is 0.370 e. The number of nitrogens with two attached hydrogens (primary N) is 1. The number of rotatable bonds is 6. The first kappa shape index (κ1) is 18.5. The number of guanidine groups is 1. The third-order valence-electron chi connectivity index (χ3n) is 4.45. The molecule has 4 nitrogen and oxygen atoms in total. The normalized spacial score (nSPS) is 22.4. The zero-order chi connectivity index (χ0) is 17.5. The van der Waals surface area contributed by atoms with Crippen molar-refractivity contribution in [2.45, 2.75) is 40.3 Å². The van der Waals surface area contributed by atoms with E-state index in [1.165, 1.54) is 30.6 Å². The lowest BCUT2D eigenvalue weighted by molar-refractivity contribution is 0.134. The van der Waals surface area contributed by atoms with Crippen LogP contribution in [-0.4, -0.2) is 30.5 Å². The molecule has 24 heavy (non-hydrogen) atoms. The van der Waals surface area contributed by atoms with Crippen LogP contribution in [0, 0.1) is 11.8 Å². The van der Waals surface area contributed by atoms with Crippen LogP contribution < -0.4 is 11.1 Å². The Morgan fingerprint density at radius 3 is 2.50 bits per heavy atom. The number of nitrogens with one attached hydrogen (secondary N) is 1. The predicted molar refractivity (Wildman–Crippen MR) is 103 cm³/mol. The lowest BCUT2D eigenvalue weighted by Crippen LogP contribution is -2.38. The Morgan fingerprint density at radius 1 is 1.25 bits per heavy atom. The summed E-state index contributed by atoms with van der Waals surface area (Å²) in [4.78, 5) is 7.05. The molecule has 0 spiro atoms. The fraction of sp³-hybridized carbons (Fsp3) is 0.550. The van der Waals surface area contributed by atoms with E-state index in [2.05, 4.69) is 59.9 Å². The molecule has 2 rings (SSSR count). The molecule has 132 valence electrons. The average Bonchev–Trinajstić information content (AvgIpc) is 2.51. The molecular formula is C20H32N4. The molecule has 3 N–H and O–H groups in total. The molecule has 1 aliphatic heterocycles. The summed E-state index contributed by atoms with van der Waals surface area (Å²) < 4.78 is 0. The summed E-state index contributed by atoms with van der Waals surface area (Å²) in [7, 11) is 0. The first-order valence-corrected chi connectivity index (χ1v) is 8.91. The fourth-order valence-corrected chi connectivity index (χ4v) is 3.50. The third kappa shape index (κ3) is 6.00. The SMILES string of the molecule is C=C(C)CNC(N)=NCc1ccccc1CN1CC(C)CC(C)C1. The van der Waals surface area contributed by atoms with Crippen LogP contribution in [-0.2, 0) is 13.1 Å². The van der Waals surface area contributed by atoms with Crippen LogP contribution in [0.5, 0.6) is 0 Å². The Labute approximate surface area is 146 Å². The van der Waals surface area contributed by atoms with E-state index in [0.717, 1.165) is 24.0 Å². The number of hydrogen-bond donors (Lipinski definition) is 2. The summed E-state index contributed by atoms with van der Waals surface area (Å²) in [6.45, 7) is 15.2. The molecule has 1 fully saturated rings. The predicted octanol–water partition coefficient (Wildman–Crippen LogP) is 3.14. The van der Waals surface area contributed by atoms with Crippen molar-refractivity contribution in [2.24, 2.45) is 22.6 Å². The van der Waals surface area contributed by atoms with Gasteiger partial charge in [0.15, 0.2) is 5.96 Å². The molecule has 2 unspecified atom stereocenters. The zero-order valence-corrected chi connectivity index (χ0v) is 15.4. The van der Waals surface area contributed by atoms with Crippen molar-refractivity contribution in [1.82, 2.24) is 10.2 Å². The summed E-state index contributed by atoms with van der Waals surface area (Å²) >= 11 is 0. The summed E-state index contributed by atoms with van der Waals surface area (Å²) in [5.74, 6) is 2.04. The fourth-order valence-electron chi connectivity index (χ4n) is 3.50. The molecule has 1 heterocycles. The number of piperidine rings is 1. The van der Waals surface area contributed by atoms with E-state index in [0.29, 0.717) is 19.0 Å². The number of likely N-dealkylation sites (tertiary alicyclic amines) is 1. The summed E-state index contributed by atoms with van der Waals surface area (Å²) in [6, 6.07) is 8.56. The maximum atomic E-state index is 5.93. The Kier molecular flexibility index (Phi) is 6.85. The summed E-state index contributed by atoms with van der Waals surface area (Å²) in [6.07, 6.45) is 1.34. The van der Waals surface area contributed by atoms with Gasteiger partial charge in [0.25, 0.3) is 0 Å². The second-order valence-corrected chi connectivity index (χ2v) is 7.42. The van der Waals surface area contributed by atoms with Crippen molar-refractivity contribution >= 4 is 5.96 Å². The van der Waals surface area contributed by atoms with E-state index in [4.69, 9.17) is 5.73 Å². The number of nitrogens with zero attached hydrogens (tertiary/aromatic N) is 2. The van der Waals surface area contributed by atoms with Crippen LogP contribution in [0.15, 0.2) is 41.4 Å². The molecule has 1 aromatic rings. The minimum Gasteiger partial charge on any atom is -0.370 e. The molecule has 1 aromatic carbocycles.